The zero-order valence-corrected chi connectivity index (χ0v) is 12.2. The first kappa shape index (κ1) is 15.1. The minimum Gasteiger partial charge on any atom is -0.441 e. The number of ether oxygens (including phenoxy) is 1. The molecule has 1 amide bonds. The first-order valence-electron chi connectivity index (χ1n) is 7.19. The molecule has 4 heteroatoms. The second kappa shape index (κ2) is 7.49. The van der Waals surface area contributed by atoms with Crippen molar-refractivity contribution in [2.75, 3.05) is 13.3 Å². The molecule has 4 nitrogen and oxygen atoms in total. The van der Waals surface area contributed by atoms with Gasteiger partial charge in [0.2, 0.25) is 5.91 Å². The van der Waals surface area contributed by atoms with Gasteiger partial charge in [0.1, 0.15) is 0 Å². The van der Waals surface area contributed by atoms with Crippen LogP contribution in [-0.2, 0) is 9.53 Å². The number of fused-ring (bicyclic) bond motifs is 1. The van der Waals surface area contributed by atoms with Gasteiger partial charge in [-0.3, -0.25) is 4.79 Å². The highest BCUT2D eigenvalue weighted by molar-refractivity contribution is 5.92. The number of esters is 1. The molecule has 110 valence electrons. The minimum absolute atomic E-state index is 0.00404. The lowest BCUT2D eigenvalue weighted by Crippen LogP contribution is -2.33. The normalized spacial score (nSPS) is 16.2. The number of nitrogens with zero attached hydrogens (tertiary/aromatic N) is 1. The van der Waals surface area contributed by atoms with E-state index in [1.54, 1.807) is 17.0 Å². The Kier molecular flexibility index (Phi) is 5.39. The zero-order valence-electron chi connectivity index (χ0n) is 12.2. The molecule has 1 aliphatic heterocycles. The summed E-state index contributed by atoms with van der Waals surface area (Å²) >= 11 is 0. The number of rotatable bonds is 0. The van der Waals surface area contributed by atoms with E-state index in [0.29, 0.717) is 17.7 Å². The average Bonchev–Trinajstić information content (AvgIpc) is 2.49. The van der Waals surface area contributed by atoms with Crippen LogP contribution in [0.3, 0.4) is 0 Å². The van der Waals surface area contributed by atoms with Crippen molar-refractivity contribution in [3.63, 3.8) is 0 Å². The summed E-state index contributed by atoms with van der Waals surface area (Å²) in [5.74, 6) is 5.61. The number of hydrogen-bond donors (Lipinski definition) is 0. The predicted molar refractivity (Wildman–Crippen MR) is 79.5 cm³/mol. The minimum atomic E-state index is -0.439. The largest absolute Gasteiger partial charge is 0.441 e. The molecule has 1 aromatic carbocycles. The van der Waals surface area contributed by atoms with Gasteiger partial charge in [-0.15, -0.1) is 0 Å². The number of amides is 1. The van der Waals surface area contributed by atoms with E-state index in [4.69, 9.17) is 4.74 Å². The third-order valence-electron chi connectivity index (χ3n) is 3.40. The third kappa shape index (κ3) is 4.35. The SMILES string of the molecule is CC(=O)N1CCCCCC#Cc2ccccc2C(=O)OC1. The molecule has 1 aliphatic rings. The van der Waals surface area contributed by atoms with Gasteiger partial charge in [0, 0.05) is 25.5 Å². The molecule has 0 saturated carbocycles. The Bertz CT molecular complexity index is 583. The highest BCUT2D eigenvalue weighted by Crippen LogP contribution is 2.11. The number of carbonyl (C=O) groups excluding carboxylic acids is 2. The smallest absolute Gasteiger partial charge is 0.341 e. The van der Waals surface area contributed by atoms with Crippen molar-refractivity contribution in [1.29, 1.82) is 0 Å². The maximum atomic E-state index is 12.1. The topological polar surface area (TPSA) is 46.6 Å². The van der Waals surface area contributed by atoms with Crippen LogP contribution in [0.25, 0.3) is 0 Å². The van der Waals surface area contributed by atoms with Crippen LogP contribution in [0.4, 0.5) is 0 Å². The van der Waals surface area contributed by atoms with Gasteiger partial charge >= 0.3 is 5.97 Å². The van der Waals surface area contributed by atoms with Crippen LogP contribution in [0, 0.1) is 11.8 Å². The molecule has 0 N–H and O–H groups in total. The zero-order chi connectivity index (χ0) is 15.1. The molecular formula is C17H19NO3. The first-order chi connectivity index (χ1) is 10.2. The van der Waals surface area contributed by atoms with Crippen LogP contribution < -0.4 is 0 Å². The summed E-state index contributed by atoms with van der Waals surface area (Å²) in [5, 5.41) is 0. The highest BCUT2D eigenvalue weighted by Gasteiger charge is 2.15. The molecule has 0 aliphatic carbocycles. The summed E-state index contributed by atoms with van der Waals surface area (Å²) in [6.07, 6.45) is 3.69. The summed E-state index contributed by atoms with van der Waals surface area (Å²) in [6.45, 7) is 2.09. The van der Waals surface area contributed by atoms with Crippen LogP contribution in [0.15, 0.2) is 24.3 Å². The molecule has 0 fully saturated rings. The van der Waals surface area contributed by atoms with Crippen LogP contribution >= 0.6 is 0 Å². The number of carbonyl (C=O) groups is 2. The van der Waals surface area contributed by atoms with Crippen LogP contribution in [0.2, 0.25) is 0 Å². The predicted octanol–water partition coefficient (Wildman–Crippen LogP) is 2.57. The van der Waals surface area contributed by atoms with Crippen LogP contribution in [-0.4, -0.2) is 30.1 Å². The summed E-state index contributed by atoms with van der Waals surface area (Å²) in [7, 11) is 0. The van der Waals surface area contributed by atoms with Gasteiger partial charge in [0.05, 0.1) is 5.56 Å². The Labute approximate surface area is 125 Å². The van der Waals surface area contributed by atoms with Crippen molar-refractivity contribution in [1.82, 2.24) is 4.90 Å². The fourth-order valence-corrected chi connectivity index (χ4v) is 2.15. The quantitative estimate of drug-likeness (QED) is 0.543. The van der Waals surface area contributed by atoms with Crippen molar-refractivity contribution in [2.45, 2.75) is 32.6 Å². The lowest BCUT2D eigenvalue weighted by atomic mass is 10.1. The molecule has 0 atom stereocenters. The van der Waals surface area contributed by atoms with Gasteiger partial charge in [0.25, 0.3) is 0 Å². The lowest BCUT2D eigenvalue weighted by Gasteiger charge is -2.20. The maximum absolute atomic E-state index is 12.1. The lowest BCUT2D eigenvalue weighted by molar-refractivity contribution is -0.132. The molecule has 21 heavy (non-hydrogen) atoms. The van der Waals surface area contributed by atoms with Crippen LogP contribution in [0.5, 0.6) is 0 Å². The van der Waals surface area contributed by atoms with Gasteiger partial charge in [-0.25, -0.2) is 4.79 Å². The van der Waals surface area contributed by atoms with E-state index in [-0.39, 0.29) is 12.6 Å². The molecular weight excluding hydrogens is 266 g/mol. The monoisotopic (exact) mass is 285 g/mol. The average molecular weight is 285 g/mol. The number of cyclic esters (lactones) is 1. The summed E-state index contributed by atoms with van der Waals surface area (Å²) < 4.78 is 5.25. The Morgan fingerprint density at radius 1 is 1.24 bits per heavy atom. The van der Waals surface area contributed by atoms with Gasteiger partial charge in [-0.05, 0) is 25.0 Å². The van der Waals surface area contributed by atoms with Gasteiger partial charge in [0.15, 0.2) is 6.73 Å². The maximum Gasteiger partial charge on any atom is 0.341 e. The molecule has 0 saturated heterocycles. The Balaban J connectivity index is 2.21. The van der Waals surface area contributed by atoms with Crippen molar-refractivity contribution in [3.8, 4) is 11.8 Å². The summed E-state index contributed by atoms with van der Waals surface area (Å²) in [4.78, 5) is 25.2. The Morgan fingerprint density at radius 3 is 2.86 bits per heavy atom. The van der Waals surface area contributed by atoms with Gasteiger partial charge < -0.3 is 9.64 Å². The Morgan fingerprint density at radius 2 is 2.05 bits per heavy atom. The molecule has 0 aromatic heterocycles. The van der Waals surface area contributed by atoms with Gasteiger partial charge in [-0.2, -0.15) is 0 Å². The van der Waals surface area contributed by atoms with Crippen LogP contribution in [0.1, 0.15) is 48.5 Å². The molecule has 2 rings (SSSR count). The molecule has 0 spiro atoms. The fraction of sp³-hybridized carbons (Fsp3) is 0.412. The van der Waals surface area contributed by atoms with Crippen molar-refractivity contribution in [2.24, 2.45) is 0 Å². The van der Waals surface area contributed by atoms with E-state index in [2.05, 4.69) is 11.8 Å². The van der Waals surface area contributed by atoms with E-state index >= 15 is 0 Å². The Hall–Kier alpha value is -2.28. The fourth-order valence-electron chi connectivity index (χ4n) is 2.15. The molecule has 0 radical (unpaired) electrons. The van der Waals surface area contributed by atoms with E-state index in [9.17, 15) is 9.59 Å². The summed E-state index contributed by atoms with van der Waals surface area (Å²) in [5.41, 5.74) is 1.13. The summed E-state index contributed by atoms with van der Waals surface area (Å²) in [6, 6.07) is 7.14. The van der Waals surface area contributed by atoms with E-state index in [1.165, 1.54) is 6.92 Å². The highest BCUT2D eigenvalue weighted by atomic mass is 16.5. The molecule has 1 heterocycles. The molecule has 0 unspecified atom stereocenters. The standard InChI is InChI=1S/C17H19NO3/c1-14(19)18-12-8-4-2-3-5-9-15-10-6-7-11-16(15)17(20)21-13-18/h6-7,10-11H,2-4,8,12-13H2,1H3. The van der Waals surface area contributed by atoms with Crippen molar-refractivity contribution >= 4 is 11.9 Å². The molecule has 0 bridgehead atoms. The second-order valence-corrected chi connectivity index (χ2v) is 5.00. The second-order valence-electron chi connectivity index (χ2n) is 5.00. The first-order valence-corrected chi connectivity index (χ1v) is 7.19. The van der Waals surface area contributed by atoms with E-state index in [0.717, 1.165) is 25.7 Å². The third-order valence-corrected chi connectivity index (χ3v) is 3.40. The molecule has 1 aromatic rings. The van der Waals surface area contributed by atoms with E-state index < -0.39 is 5.97 Å². The van der Waals surface area contributed by atoms with E-state index in [1.807, 2.05) is 12.1 Å². The number of benzene rings is 1. The number of hydrogen-bond acceptors (Lipinski definition) is 3. The van der Waals surface area contributed by atoms with Crippen molar-refractivity contribution < 1.29 is 14.3 Å². The van der Waals surface area contributed by atoms with Gasteiger partial charge in [-0.1, -0.05) is 30.4 Å². The van der Waals surface area contributed by atoms with Crippen molar-refractivity contribution in [3.05, 3.63) is 35.4 Å².